The molecule has 1 aliphatic rings. The zero-order valence-electron chi connectivity index (χ0n) is 13.9. The van der Waals surface area contributed by atoms with Crippen molar-refractivity contribution in [1.82, 2.24) is 20.2 Å². The molecule has 0 aliphatic carbocycles. The van der Waals surface area contributed by atoms with Gasteiger partial charge in [0.05, 0.1) is 5.69 Å². The number of amides is 1. The number of nitrogens with zero attached hydrogens (tertiary/aromatic N) is 5. The molecule has 1 atom stereocenters. The summed E-state index contributed by atoms with van der Waals surface area (Å²) in [7, 11) is 0. The van der Waals surface area contributed by atoms with Gasteiger partial charge >= 0.3 is 0 Å². The van der Waals surface area contributed by atoms with Gasteiger partial charge in [0.1, 0.15) is 5.15 Å². The molecule has 6 nitrogen and oxygen atoms in total. The van der Waals surface area contributed by atoms with Gasteiger partial charge in [0.15, 0.2) is 5.82 Å². The van der Waals surface area contributed by atoms with Gasteiger partial charge in [0, 0.05) is 36.6 Å². The lowest BCUT2D eigenvalue weighted by atomic mass is 9.99. The predicted octanol–water partition coefficient (Wildman–Crippen LogP) is 3.18. The summed E-state index contributed by atoms with van der Waals surface area (Å²) < 4.78 is 0. The maximum atomic E-state index is 12.7. The molecule has 1 aliphatic heterocycles. The van der Waals surface area contributed by atoms with E-state index in [0.717, 1.165) is 23.2 Å². The van der Waals surface area contributed by atoms with E-state index in [-0.39, 0.29) is 11.8 Å². The first-order valence-electron chi connectivity index (χ1n) is 8.36. The quantitative estimate of drug-likeness (QED) is 0.664. The molecule has 1 fully saturated rings. The molecule has 0 radical (unpaired) electrons. The van der Waals surface area contributed by atoms with Crippen LogP contribution in [0.5, 0.6) is 0 Å². The number of halogens is 1. The fraction of sp³-hybridized carbons (Fsp3) is 0.211. The number of carbonyl (C=O) groups is 1. The maximum Gasteiger partial charge on any atom is 0.231 e. The number of anilines is 1. The molecule has 130 valence electrons. The zero-order chi connectivity index (χ0) is 17.9. The van der Waals surface area contributed by atoms with Crippen molar-refractivity contribution >= 4 is 23.3 Å². The summed E-state index contributed by atoms with van der Waals surface area (Å²) in [5.74, 6) is 0.593. The highest BCUT2D eigenvalue weighted by Gasteiger charge is 2.33. The third-order valence-corrected chi connectivity index (χ3v) is 4.71. The Labute approximate surface area is 155 Å². The number of pyridine rings is 2. The predicted molar refractivity (Wildman–Crippen MR) is 98.7 cm³/mol. The van der Waals surface area contributed by atoms with Crippen molar-refractivity contribution in [2.75, 3.05) is 11.4 Å². The molecule has 0 bridgehead atoms. The highest BCUT2D eigenvalue weighted by Crippen LogP contribution is 2.27. The normalized spacial score (nSPS) is 16.9. The van der Waals surface area contributed by atoms with Crippen molar-refractivity contribution < 1.29 is 4.79 Å². The first-order valence-corrected chi connectivity index (χ1v) is 8.74. The van der Waals surface area contributed by atoms with Crippen molar-refractivity contribution in [3.05, 3.63) is 65.7 Å². The van der Waals surface area contributed by atoms with Crippen molar-refractivity contribution in [3.63, 3.8) is 0 Å². The lowest BCUT2D eigenvalue weighted by Crippen LogP contribution is -2.28. The molecule has 3 aromatic rings. The second-order valence-corrected chi connectivity index (χ2v) is 6.57. The van der Waals surface area contributed by atoms with Crippen LogP contribution in [-0.2, 0) is 11.2 Å². The van der Waals surface area contributed by atoms with Crippen LogP contribution in [0.3, 0.4) is 0 Å². The minimum atomic E-state index is -0.0698. The average molecular weight is 366 g/mol. The molecule has 4 heterocycles. The van der Waals surface area contributed by atoms with Crippen LogP contribution in [0.25, 0.3) is 11.3 Å². The van der Waals surface area contributed by atoms with Crippen LogP contribution in [0.2, 0.25) is 5.15 Å². The minimum Gasteiger partial charge on any atom is -0.295 e. The van der Waals surface area contributed by atoms with Gasteiger partial charge < -0.3 is 0 Å². The number of aromatic nitrogens is 4. The molecule has 1 amide bonds. The zero-order valence-corrected chi connectivity index (χ0v) is 14.7. The first kappa shape index (κ1) is 16.6. The molecule has 4 rings (SSSR count). The van der Waals surface area contributed by atoms with Gasteiger partial charge in [-0.25, -0.2) is 4.98 Å². The Morgan fingerprint density at radius 2 is 1.92 bits per heavy atom. The van der Waals surface area contributed by atoms with Gasteiger partial charge in [-0.2, -0.15) is 0 Å². The highest BCUT2D eigenvalue weighted by atomic mass is 35.5. The highest BCUT2D eigenvalue weighted by molar-refractivity contribution is 6.29. The topological polar surface area (TPSA) is 71.9 Å². The van der Waals surface area contributed by atoms with Gasteiger partial charge in [-0.05, 0) is 48.7 Å². The summed E-state index contributed by atoms with van der Waals surface area (Å²) in [6.45, 7) is 0.647. The SMILES string of the molecule is O=C1[C@H](Cc2ccc(Cl)nc2)CCN1c1ccc(-c2ccncc2)nn1. The number of hydrogen-bond acceptors (Lipinski definition) is 5. The van der Waals surface area contributed by atoms with Gasteiger partial charge in [0.25, 0.3) is 0 Å². The van der Waals surface area contributed by atoms with Crippen LogP contribution < -0.4 is 4.90 Å². The Kier molecular flexibility index (Phi) is 4.58. The molecule has 0 N–H and O–H groups in total. The van der Waals surface area contributed by atoms with Crippen LogP contribution in [0.1, 0.15) is 12.0 Å². The van der Waals surface area contributed by atoms with Crippen LogP contribution in [0, 0.1) is 5.92 Å². The Bertz CT molecular complexity index is 899. The number of carbonyl (C=O) groups excluding carboxylic acids is 1. The van der Waals surface area contributed by atoms with E-state index in [0.29, 0.717) is 23.9 Å². The third kappa shape index (κ3) is 3.41. The van der Waals surface area contributed by atoms with Crippen LogP contribution in [0.4, 0.5) is 5.82 Å². The van der Waals surface area contributed by atoms with Gasteiger partial charge in [-0.3, -0.25) is 14.7 Å². The Balaban J connectivity index is 1.47. The van der Waals surface area contributed by atoms with Crippen molar-refractivity contribution in [1.29, 1.82) is 0 Å². The lowest BCUT2D eigenvalue weighted by Gasteiger charge is -2.15. The van der Waals surface area contributed by atoms with Crippen LogP contribution in [-0.4, -0.2) is 32.6 Å². The van der Waals surface area contributed by atoms with Crippen molar-refractivity contribution in [3.8, 4) is 11.3 Å². The number of hydrogen-bond donors (Lipinski definition) is 0. The molecule has 0 spiro atoms. The molecule has 0 saturated carbocycles. The first-order chi connectivity index (χ1) is 12.7. The molecule has 0 aromatic carbocycles. The fourth-order valence-corrected chi connectivity index (χ4v) is 3.23. The second-order valence-electron chi connectivity index (χ2n) is 6.18. The molecule has 7 heteroatoms. The summed E-state index contributed by atoms with van der Waals surface area (Å²) in [5.41, 5.74) is 2.71. The summed E-state index contributed by atoms with van der Waals surface area (Å²) >= 11 is 5.81. The van der Waals surface area contributed by atoms with Crippen molar-refractivity contribution in [2.24, 2.45) is 5.92 Å². The molecular weight excluding hydrogens is 350 g/mol. The Morgan fingerprint density at radius 3 is 2.62 bits per heavy atom. The van der Waals surface area contributed by atoms with E-state index >= 15 is 0 Å². The molecule has 26 heavy (non-hydrogen) atoms. The summed E-state index contributed by atoms with van der Waals surface area (Å²) in [4.78, 5) is 22.5. The third-order valence-electron chi connectivity index (χ3n) is 4.49. The van der Waals surface area contributed by atoms with E-state index in [1.165, 1.54) is 0 Å². The van der Waals surface area contributed by atoms with Gasteiger partial charge in [-0.1, -0.05) is 17.7 Å². The lowest BCUT2D eigenvalue weighted by molar-refractivity contribution is -0.120. The monoisotopic (exact) mass is 365 g/mol. The van der Waals surface area contributed by atoms with Gasteiger partial charge in [0.2, 0.25) is 5.91 Å². The van der Waals surface area contributed by atoms with E-state index in [9.17, 15) is 4.79 Å². The van der Waals surface area contributed by atoms with E-state index in [4.69, 9.17) is 11.6 Å². The molecule has 1 saturated heterocycles. The van der Waals surface area contributed by atoms with E-state index in [2.05, 4.69) is 20.2 Å². The maximum absolute atomic E-state index is 12.7. The van der Waals surface area contributed by atoms with Crippen LogP contribution >= 0.6 is 11.6 Å². The average Bonchev–Trinajstić information content (AvgIpc) is 3.05. The van der Waals surface area contributed by atoms with E-state index in [1.54, 1.807) is 29.6 Å². The summed E-state index contributed by atoms with van der Waals surface area (Å²) in [6, 6.07) is 11.1. The summed E-state index contributed by atoms with van der Waals surface area (Å²) in [5, 5.41) is 8.95. The Morgan fingerprint density at radius 1 is 1.08 bits per heavy atom. The van der Waals surface area contributed by atoms with E-state index in [1.807, 2.05) is 30.3 Å². The largest absolute Gasteiger partial charge is 0.295 e. The molecular formula is C19H16ClN5O. The van der Waals surface area contributed by atoms with Crippen LogP contribution in [0.15, 0.2) is 55.0 Å². The van der Waals surface area contributed by atoms with E-state index < -0.39 is 0 Å². The second kappa shape index (κ2) is 7.17. The minimum absolute atomic E-state index is 0.0698. The fourth-order valence-electron chi connectivity index (χ4n) is 3.11. The smallest absolute Gasteiger partial charge is 0.231 e. The Hall–Kier alpha value is -2.86. The molecule has 3 aromatic heterocycles. The molecule has 0 unspecified atom stereocenters. The van der Waals surface area contributed by atoms with Crippen molar-refractivity contribution in [2.45, 2.75) is 12.8 Å². The van der Waals surface area contributed by atoms with Gasteiger partial charge in [-0.15, -0.1) is 10.2 Å². The number of rotatable bonds is 4. The summed E-state index contributed by atoms with van der Waals surface area (Å²) in [6.07, 6.45) is 6.59. The standard InChI is InChI=1S/C19H16ClN5O/c20-17-3-1-13(12-22-17)11-15-7-10-25(19(15)26)18-4-2-16(23-24-18)14-5-8-21-9-6-14/h1-6,8-9,12,15H,7,10-11H2/t15-/m0/s1.